The van der Waals surface area contributed by atoms with Gasteiger partial charge in [-0.15, -0.1) is 23.1 Å². The minimum Gasteiger partial charge on any atom is -0.543 e. The number of amides is 2. The number of nitrogens with one attached hydrogen (secondary N) is 1. The van der Waals surface area contributed by atoms with Crippen molar-refractivity contribution in [1.29, 1.82) is 0 Å². The summed E-state index contributed by atoms with van der Waals surface area (Å²) in [6, 6.07) is 4.73. The van der Waals surface area contributed by atoms with E-state index in [0.717, 1.165) is 17.0 Å². The van der Waals surface area contributed by atoms with Crippen molar-refractivity contribution >= 4 is 57.4 Å². The summed E-state index contributed by atoms with van der Waals surface area (Å²) < 4.78 is 3.81. The quantitative estimate of drug-likeness (QED) is 0.0900. The van der Waals surface area contributed by atoms with Crippen molar-refractivity contribution in [3.05, 3.63) is 71.8 Å². The molecular weight excluding hydrogens is 518 g/mol. The van der Waals surface area contributed by atoms with E-state index in [9.17, 15) is 19.5 Å². The molecule has 2 aliphatic rings. The molecule has 1 saturated heterocycles. The number of anilines is 1. The van der Waals surface area contributed by atoms with Crippen LogP contribution in [0.5, 0.6) is 0 Å². The number of aliphatic carboxylic acids is 1. The molecule has 0 aromatic carbocycles. The number of β-lactam (4-membered cyclic amide) rings is 1. The van der Waals surface area contributed by atoms with Crippen molar-refractivity contribution in [1.82, 2.24) is 19.6 Å². The number of carbonyl (C=O) groups excluding carboxylic acids is 3. The molecule has 37 heavy (non-hydrogen) atoms. The minimum atomic E-state index is -1.44. The first-order chi connectivity index (χ1) is 17.9. The molecule has 5 rings (SSSR count). The molecule has 3 aromatic rings. The Hall–Kier alpha value is -4.17. The maximum atomic E-state index is 13.1. The number of aromatic nitrogens is 3. The van der Waals surface area contributed by atoms with Crippen LogP contribution in [0.3, 0.4) is 0 Å². The SMILES string of the molecule is C=CCO/N=C(/C(=O)N[C@@H]1C(=O)N2C(C(=O)[O-])=C(C[n+]3ccn4ccccc43)CS[C@H]12)c1csc(N)n1. The Morgan fingerprint density at radius 1 is 1.41 bits per heavy atom. The number of carbonyl (C=O) groups is 3. The summed E-state index contributed by atoms with van der Waals surface area (Å²) in [6.07, 6.45) is 7.05. The molecule has 2 aliphatic heterocycles. The number of pyridine rings is 1. The fourth-order valence-electron chi connectivity index (χ4n) is 4.14. The molecular formula is C23H21N7O5S2. The third-order valence-electron chi connectivity index (χ3n) is 5.79. The second kappa shape index (κ2) is 10.1. The Morgan fingerprint density at radius 2 is 2.24 bits per heavy atom. The lowest BCUT2D eigenvalue weighted by atomic mass is 10.0. The van der Waals surface area contributed by atoms with Gasteiger partial charge in [-0.05, 0) is 6.07 Å². The van der Waals surface area contributed by atoms with E-state index >= 15 is 0 Å². The number of nitrogens with zero attached hydrogens (tertiary/aromatic N) is 5. The lowest BCUT2D eigenvalue weighted by molar-refractivity contribution is -0.662. The van der Waals surface area contributed by atoms with Crippen LogP contribution in [0.25, 0.3) is 5.65 Å². The number of thioether (sulfide) groups is 1. The van der Waals surface area contributed by atoms with Gasteiger partial charge in [-0.1, -0.05) is 23.9 Å². The van der Waals surface area contributed by atoms with E-state index in [1.807, 2.05) is 45.8 Å². The van der Waals surface area contributed by atoms with Gasteiger partial charge in [0.25, 0.3) is 17.5 Å². The average Bonchev–Trinajstić information content (AvgIpc) is 3.50. The first-order valence-corrected chi connectivity index (χ1v) is 13.0. The number of hydrogen-bond acceptors (Lipinski definition) is 10. The smallest absolute Gasteiger partial charge is 0.286 e. The van der Waals surface area contributed by atoms with E-state index in [1.165, 1.54) is 22.7 Å². The van der Waals surface area contributed by atoms with E-state index < -0.39 is 29.2 Å². The van der Waals surface area contributed by atoms with Crippen LogP contribution in [-0.4, -0.2) is 61.6 Å². The van der Waals surface area contributed by atoms with Crippen LogP contribution in [0.4, 0.5) is 5.13 Å². The van der Waals surface area contributed by atoms with Crippen molar-refractivity contribution in [2.24, 2.45) is 5.16 Å². The van der Waals surface area contributed by atoms with Gasteiger partial charge >= 0.3 is 0 Å². The van der Waals surface area contributed by atoms with Crippen molar-refractivity contribution in [3.8, 4) is 0 Å². The van der Waals surface area contributed by atoms with Crippen molar-refractivity contribution < 1.29 is 28.9 Å². The average molecular weight is 540 g/mol. The largest absolute Gasteiger partial charge is 0.543 e. The number of nitrogen functional groups attached to an aromatic ring is 1. The number of thiazole rings is 1. The molecule has 1 fully saturated rings. The molecule has 0 radical (unpaired) electrons. The van der Waals surface area contributed by atoms with Crippen LogP contribution in [0, 0.1) is 0 Å². The second-order valence-corrected chi connectivity index (χ2v) is 10.1. The summed E-state index contributed by atoms with van der Waals surface area (Å²) in [5, 5.41) is 19.8. The predicted molar refractivity (Wildman–Crippen MR) is 134 cm³/mol. The molecule has 190 valence electrons. The lowest BCUT2D eigenvalue weighted by Crippen LogP contribution is -2.71. The highest BCUT2D eigenvalue weighted by atomic mass is 32.2. The fourth-order valence-corrected chi connectivity index (χ4v) is 6.03. The van der Waals surface area contributed by atoms with Gasteiger partial charge in [0, 0.05) is 22.8 Å². The summed E-state index contributed by atoms with van der Waals surface area (Å²) in [6.45, 7) is 3.86. The Labute approximate surface area is 218 Å². The highest BCUT2D eigenvalue weighted by molar-refractivity contribution is 8.00. The Balaban J connectivity index is 1.36. The van der Waals surface area contributed by atoms with Gasteiger partial charge < -0.3 is 25.8 Å². The summed E-state index contributed by atoms with van der Waals surface area (Å²) in [5.74, 6) is -2.36. The van der Waals surface area contributed by atoms with Gasteiger partial charge in [-0.25, -0.2) is 14.0 Å². The molecule has 3 aromatic heterocycles. The number of carboxylic acids is 1. The monoisotopic (exact) mass is 539 g/mol. The molecule has 2 atom stereocenters. The molecule has 5 heterocycles. The number of carboxylic acid groups (broad SMARTS) is 1. The molecule has 14 heteroatoms. The molecule has 0 saturated carbocycles. The van der Waals surface area contributed by atoms with Crippen LogP contribution < -0.4 is 20.7 Å². The number of fused-ring (bicyclic) bond motifs is 2. The van der Waals surface area contributed by atoms with E-state index in [2.05, 4.69) is 22.0 Å². The zero-order valence-electron chi connectivity index (χ0n) is 19.3. The van der Waals surface area contributed by atoms with Crippen LogP contribution >= 0.6 is 23.1 Å². The Kier molecular flexibility index (Phi) is 6.67. The molecule has 0 spiro atoms. The Bertz CT molecular complexity index is 1480. The van der Waals surface area contributed by atoms with Crippen molar-refractivity contribution in [2.75, 3.05) is 18.1 Å². The van der Waals surface area contributed by atoms with Gasteiger partial charge in [0.15, 0.2) is 10.8 Å². The number of rotatable bonds is 9. The summed E-state index contributed by atoms with van der Waals surface area (Å²) in [5.41, 5.74) is 6.96. The molecule has 0 bridgehead atoms. The molecule has 3 N–H and O–H groups in total. The van der Waals surface area contributed by atoms with Gasteiger partial charge in [0.1, 0.15) is 42.7 Å². The number of oxime groups is 1. The highest BCUT2D eigenvalue weighted by Gasteiger charge is 2.53. The maximum Gasteiger partial charge on any atom is 0.286 e. The summed E-state index contributed by atoms with van der Waals surface area (Å²) >= 11 is 2.48. The molecule has 2 amide bonds. The van der Waals surface area contributed by atoms with E-state index in [4.69, 9.17) is 10.6 Å². The van der Waals surface area contributed by atoms with Gasteiger partial charge in [0.05, 0.1) is 17.9 Å². The predicted octanol–water partition coefficient (Wildman–Crippen LogP) is -0.724. The van der Waals surface area contributed by atoms with Crippen molar-refractivity contribution in [2.45, 2.75) is 18.0 Å². The maximum absolute atomic E-state index is 13.1. The van der Waals surface area contributed by atoms with Crippen LogP contribution in [-0.2, 0) is 25.8 Å². The summed E-state index contributed by atoms with van der Waals surface area (Å²) in [7, 11) is 0. The number of hydrogen-bond donors (Lipinski definition) is 2. The van der Waals surface area contributed by atoms with E-state index in [0.29, 0.717) is 11.3 Å². The second-order valence-electron chi connectivity index (χ2n) is 8.09. The van der Waals surface area contributed by atoms with Gasteiger partial charge in [-0.3, -0.25) is 14.5 Å². The fraction of sp³-hybridized carbons (Fsp3) is 0.217. The zero-order valence-corrected chi connectivity index (χ0v) is 20.9. The lowest BCUT2D eigenvalue weighted by Gasteiger charge is -2.50. The van der Waals surface area contributed by atoms with Crippen LogP contribution in [0.2, 0.25) is 0 Å². The standard InChI is InChI=1S/C23H21N7O5S2/c1-2-9-35-27-16(14-12-37-23(24)25-14)19(31)26-17-20(32)30-18(22(33)34)13(11-36-21(17)30)10-29-8-7-28-6-4-3-5-15(28)29/h2-8,12,17,21H,1,9-11H2,(H3-,24,25,26,31,33,34)/b27-16+/t17-,21-/m1/s1. The first-order valence-electron chi connectivity index (χ1n) is 11.0. The minimum absolute atomic E-state index is 0.0583. The molecule has 0 unspecified atom stereocenters. The van der Waals surface area contributed by atoms with E-state index in [-0.39, 0.29) is 35.4 Å². The number of imidazole rings is 1. The zero-order chi connectivity index (χ0) is 26.1. The number of nitrogens with two attached hydrogens (primary N) is 1. The highest BCUT2D eigenvalue weighted by Crippen LogP contribution is 2.40. The molecule has 12 nitrogen and oxygen atoms in total. The third kappa shape index (κ3) is 4.56. The van der Waals surface area contributed by atoms with Gasteiger partial charge in [0.2, 0.25) is 0 Å². The Morgan fingerprint density at radius 3 is 2.97 bits per heavy atom. The van der Waals surface area contributed by atoms with Crippen molar-refractivity contribution in [3.63, 3.8) is 0 Å². The van der Waals surface area contributed by atoms with Crippen LogP contribution in [0.1, 0.15) is 5.69 Å². The van der Waals surface area contributed by atoms with Gasteiger partial charge in [-0.2, -0.15) is 0 Å². The summed E-state index contributed by atoms with van der Waals surface area (Å²) in [4.78, 5) is 48.6. The topological polar surface area (TPSA) is 158 Å². The third-order valence-corrected chi connectivity index (χ3v) is 7.80. The van der Waals surface area contributed by atoms with Crippen LogP contribution in [0.15, 0.2) is 71.3 Å². The first kappa shape index (κ1) is 24.5. The van der Waals surface area contributed by atoms with E-state index in [1.54, 1.807) is 5.38 Å². The normalized spacial score (nSPS) is 19.4. The molecule has 0 aliphatic carbocycles.